The Bertz CT molecular complexity index is 1130. The van der Waals surface area contributed by atoms with E-state index in [-0.39, 0.29) is 5.56 Å². The highest BCUT2D eigenvalue weighted by Crippen LogP contribution is 2.34. The van der Waals surface area contributed by atoms with Crippen molar-refractivity contribution < 1.29 is 0 Å². The van der Waals surface area contributed by atoms with Gasteiger partial charge in [-0.1, -0.05) is 25.2 Å². The van der Waals surface area contributed by atoms with Gasteiger partial charge in [-0.2, -0.15) is 0 Å². The number of fused-ring (bicyclic) bond motifs is 3. The van der Waals surface area contributed by atoms with Crippen LogP contribution in [0.25, 0.3) is 26.1 Å². The van der Waals surface area contributed by atoms with E-state index in [4.69, 9.17) is 4.98 Å². The summed E-state index contributed by atoms with van der Waals surface area (Å²) in [4.78, 5) is 23.5. The van der Waals surface area contributed by atoms with Crippen molar-refractivity contribution in [1.82, 2.24) is 14.5 Å². The smallest absolute Gasteiger partial charge is 0.276 e. The molecule has 0 spiro atoms. The zero-order valence-electron chi connectivity index (χ0n) is 14.8. The van der Waals surface area contributed by atoms with Gasteiger partial charge in [0.25, 0.3) is 5.56 Å². The van der Waals surface area contributed by atoms with Crippen molar-refractivity contribution in [2.24, 2.45) is 0 Å². The van der Waals surface area contributed by atoms with Crippen molar-refractivity contribution in [2.75, 3.05) is 11.9 Å². The molecule has 0 saturated heterocycles. The van der Waals surface area contributed by atoms with E-state index in [9.17, 15) is 4.79 Å². The second-order valence-electron chi connectivity index (χ2n) is 6.03. The second kappa shape index (κ2) is 6.88. The molecule has 6 heteroatoms. The number of allylic oxidation sites excluding steroid dienone is 6. The van der Waals surface area contributed by atoms with Crippen LogP contribution in [0.5, 0.6) is 0 Å². The van der Waals surface area contributed by atoms with Crippen LogP contribution in [0, 0.1) is 0 Å². The van der Waals surface area contributed by atoms with Gasteiger partial charge in [0, 0.05) is 24.8 Å². The zero-order valence-corrected chi connectivity index (χ0v) is 15.6. The van der Waals surface area contributed by atoms with E-state index < -0.39 is 0 Å². The average Bonchev–Trinajstić information content (AvgIpc) is 2.83. The summed E-state index contributed by atoms with van der Waals surface area (Å²) < 4.78 is 2.38. The number of rotatable bonds is 4. The number of anilines is 1. The van der Waals surface area contributed by atoms with Crippen LogP contribution in [0.4, 0.5) is 5.69 Å². The fraction of sp³-hybridized carbons (Fsp3) is 0.250. The molecule has 1 N–H and O–H groups in total. The topological polar surface area (TPSA) is 59.8 Å². The molecule has 132 valence electrons. The van der Waals surface area contributed by atoms with Crippen molar-refractivity contribution in [3.8, 4) is 0 Å². The Labute approximate surface area is 155 Å². The molecule has 0 saturated carbocycles. The Balaban J connectivity index is 2.07. The average molecular weight is 364 g/mol. The summed E-state index contributed by atoms with van der Waals surface area (Å²) in [6.45, 7) is 4.88. The number of aromatic nitrogens is 3. The third kappa shape index (κ3) is 2.66. The van der Waals surface area contributed by atoms with Gasteiger partial charge in [-0.3, -0.25) is 9.36 Å². The van der Waals surface area contributed by atoms with Gasteiger partial charge in [-0.05, 0) is 31.6 Å². The lowest BCUT2D eigenvalue weighted by molar-refractivity contribution is 0.854. The number of hydrogen-bond donors (Lipinski definition) is 1. The van der Waals surface area contributed by atoms with Crippen LogP contribution in [-0.4, -0.2) is 21.1 Å². The highest BCUT2D eigenvalue weighted by molar-refractivity contribution is 7.25. The third-order valence-electron chi connectivity index (χ3n) is 4.37. The van der Waals surface area contributed by atoms with Crippen molar-refractivity contribution in [2.45, 2.75) is 26.7 Å². The first-order valence-electron chi connectivity index (χ1n) is 8.85. The molecule has 0 fully saturated rings. The van der Waals surface area contributed by atoms with Gasteiger partial charge < -0.3 is 5.32 Å². The number of nitrogens with zero attached hydrogens (tertiary/aromatic N) is 3. The van der Waals surface area contributed by atoms with Gasteiger partial charge in [0.05, 0.1) is 11.1 Å². The first-order chi connectivity index (χ1) is 12.7. The summed E-state index contributed by atoms with van der Waals surface area (Å²) in [6.07, 6.45) is 13.4. The molecule has 0 atom stereocenters. The minimum atomic E-state index is -0.0245. The van der Waals surface area contributed by atoms with E-state index in [2.05, 4.69) is 29.4 Å². The summed E-state index contributed by atoms with van der Waals surface area (Å²) in [5.41, 5.74) is 2.56. The molecular formula is C20H20N4OS. The van der Waals surface area contributed by atoms with Crippen LogP contribution in [0.2, 0.25) is 0 Å². The quantitative estimate of drug-likeness (QED) is 0.747. The Kier molecular flexibility index (Phi) is 4.42. The Morgan fingerprint density at radius 2 is 2.19 bits per heavy atom. The fourth-order valence-electron chi connectivity index (χ4n) is 3.22. The zero-order chi connectivity index (χ0) is 18.1. The Morgan fingerprint density at radius 1 is 1.31 bits per heavy atom. The summed E-state index contributed by atoms with van der Waals surface area (Å²) in [5, 5.41) is 4.30. The molecule has 0 aliphatic heterocycles. The predicted octanol–water partition coefficient (Wildman–Crippen LogP) is 4.36. The first kappa shape index (κ1) is 16.7. The summed E-state index contributed by atoms with van der Waals surface area (Å²) in [6, 6.07) is 1.94. The molecule has 26 heavy (non-hydrogen) atoms. The van der Waals surface area contributed by atoms with Crippen molar-refractivity contribution in [3.63, 3.8) is 0 Å². The van der Waals surface area contributed by atoms with Gasteiger partial charge in [0.15, 0.2) is 0 Å². The number of aryl methyl sites for hydroxylation is 1. The minimum absolute atomic E-state index is 0.0245. The Hall–Kier alpha value is -2.73. The lowest BCUT2D eigenvalue weighted by Crippen LogP contribution is -2.23. The third-order valence-corrected chi connectivity index (χ3v) is 5.44. The molecule has 3 aromatic heterocycles. The summed E-state index contributed by atoms with van der Waals surface area (Å²) >= 11 is 1.41. The highest BCUT2D eigenvalue weighted by atomic mass is 32.1. The maximum absolute atomic E-state index is 13.3. The first-order valence-corrected chi connectivity index (χ1v) is 9.67. The van der Waals surface area contributed by atoms with Crippen LogP contribution in [0.1, 0.15) is 26.1 Å². The van der Waals surface area contributed by atoms with E-state index in [0.717, 1.165) is 45.9 Å². The molecule has 0 unspecified atom stereocenters. The molecule has 1 aliphatic carbocycles. The number of nitrogens with one attached hydrogen (secondary N) is 1. The molecule has 4 rings (SSSR count). The minimum Gasteiger partial charge on any atom is -0.385 e. The van der Waals surface area contributed by atoms with Crippen molar-refractivity contribution in [3.05, 3.63) is 58.8 Å². The molecule has 5 nitrogen and oxygen atoms in total. The van der Waals surface area contributed by atoms with E-state index in [1.807, 2.05) is 31.2 Å². The molecule has 0 radical (unpaired) electrons. The van der Waals surface area contributed by atoms with Crippen molar-refractivity contribution >= 4 is 43.2 Å². The van der Waals surface area contributed by atoms with Gasteiger partial charge in [0.1, 0.15) is 20.9 Å². The molecule has 3 heterocycles. The monoisotopic (exact) mass is 364 g/mol. The van der Waals surface area contributed by atoms with Crippen LogP contribution in [0.3, 0.4) is 0 Å². The maximum atomic E-state index is 13.3. The highest BCUT2D eigenvalue weighted by Gasteiger charge is 2.19. The number of pyridine rings is 1. The summed E-state index contributed by atoms with van der Waals surface area (Å²) in [7, 11) is 0. The SMILES string of the molecule is CCNc1ccnc2sc3c(=O)n(C4=CC=CCC=C4)c(CC)nc3c12. The van der Waals surface area contributed by atoms with E-state index >= 15 is 0 Å². The largest absolute Gasteiger partial charge is 0.385 e. The van der Waals surface area contributed by atoms with Crippen LogP contribution >= 0.6 is 11.3 Å². The molecule has 0 bridgehead atoms. The molecule has 3 aromatic rings. The van der Waals surface area contributed by atoms with E-state index in [1.54, 1.807) is 10.8 Å². The molecular weight excluding hydrogens is 344 g/mol. The second-order valence-corrected chi connectivity index (χ2v) is 7.03. The van der Waals surface area contributed by atoms with Crippen molar-refractivity contribution in [1.29, 1.82) is 0 Å². The molecule has 0 aromatic carbocycles. The number of hydrogen-bond acceptors (Lipinski definition) is 5. The summed E-state index contributed by atoms with van der Waals surface area (Å²) in [5.74, 6) is 0.764. The molecule has 1 aliphatic rings. The van der Waals surface area contributed by atoms with E-state index in [0.29, 0.717) is 11.1 Å². The Morgan fingerprint density at radius 3 is 3.00 bits per heavy atom. The van der Waals surface area contributed by atoms with E-state index in [1.165, 1.54) is 11.3 Å². The predicted molar refractivity (Wildman–Crippen MR) is 110 cm³/mol. The maximum Gasteiger partial charge on any atom is 0.276 e. The van der Waals surface area contributed by atoms with Gasteiger partial charge >= 0.3 is 0 Å². The molecule has 0 amide bonds. The lowest BCUT2D eigenvalue weighted by atomic mass is 10.2. The standard InChI is InChI=1S/C20H20N4OS/c1-3-15-23-17-16-14(21-4-2)11-12-22-19(16)26-18(17)20(25)24(15)13-9-7-5-6-8-10-13/h5,7-12H,3-4,6H2,1-2H3,(H,21,22). The van der Waals surface area contributed by atoms with Gasteiger partial charge in [0.2, 0.25) is 0 Å². The fourth-order valence-corrected chi connectivity index (χ4v) is 4.25. The van der Waals surface area contributed by atoms with Gasteiger partial charge in [-0.25, -0.2) is 9.97 Å². The van der Waals surface area contributed by atoms with Crippen LogP contribution < -0.4 is 10.9 Å². The van der Waals surface area contributed by atoms with Crippen LogP contribution in [-0.2, 0) is 6.42 Å². The van der Waals surface area contributed by atoms with Gasteiger partial charge in [-0.15, -0.1) is 11.3 Å². The van der Waals surface area contributed by atoms with Crippen LogP contribution in [0.15, 0.2) is 47.4 Å². The lowest BCUT2D eigenvalue weighted by Gasteiger charge is -2.12. The number of thiophene rings is 1. The normalized spacial score (nSPS) is 14.0.